The van der Waals surface area contributed by atoms with E-state index in [1.807, 2.05) is 51.1 Å². The van der Waals surface area contributed by atoms with Gasteiger partial charge in [-0.15, -0.1) is 0 Å². The Morgan fingerprint density at radius 3 is 2.38 bits per heavy atom. The molecule has 0 radical (unpaired) electrons. The first-order chi connectivity index (χ1) is 12.2. The molecule has 0 spiro atoms. The standard InChI is InChI=1S/C20H29NO5/c1-19(2,3)26-18(23)21-13-16(17(22)25-5)12-20(21,14-24-4)11-15-9-7-6-8-10-15/h6-10,16H,11-14H2,1-5H3/t16?,20-/m0/s1. The zero-order chi connectivity index (χ0) is 19.4. The molecular formula is C20H29NO5. The minimum Gasteiger partial charge on any atom is -0.469 e. The molecule has 6 heteroatoms. The molecule has 0 N–H and O–H groups in total. The van der Waals surface area contributed by atoms with Crippen molar-refractivity contribution in [3.8, 4) is 0 Å². The van der Waals surface area contributed by atoms with Crippen molar-refractivity contribution in [3.63, 3.8) is 0 Å². The molecule has 6 nitrogen and oxygen atoms in total. The highest BCUT2D eigenvalue weighted by atomic mass is 16.6. The van der Waals surface area contributed by atoms with Gasteiger partial charge in [0, 0.05) is 13.7 Å². The first-order valence-corrected chi connectivity index (χ1v) is 8.82. The Labute approximate surface area is 155 Å². The van der Waals surface area contributed by atoms with Crippen molar-refractivity contribution < 1.29 is 23.8 Å². The predicted octanol–water partition coefficient (Wildman–Crippen LogP) is 3.04. The van der Waals surface area contributed by atoms with Crippen molar-refractivity contribution in [1.82, 2.24) is 4.90 Å². The maximum atomic E-state index is 12.9. The van der Waals surface area contributed by atoms with Crippen LogP contribution in [0.1, 0.15) is 32.8 Å². The Balaban J connectivity index is 2.37. The monoisotopic (exact) mass is 363 g/mol. The minimum atomic E-state index is -0.655. The Bertz CT molecular complexity index is 625. The molecule has 1 aliphatic heterocycles. The fraction of sp³-hybridized carbons (Fsp3) is 0.600. The van der Waals surface area contributed by atoms with E-state index in [-0.39, 0.29) is 12.5 Å². The van der Waals surface area contributed by atoms with E-state index in [4.69, 9.17) is 14.2 Å². The molecule has 144 valence electrons. The van der Waals surface area contributed by atoms with Crippen LogP contribution in [0.2, 0.25) is 0 Å². The summed E-state index contributed by atoms with van der Waals surface area (Å²) in [6, 6.07) is 9.89. The first kappa shape index (κ1) is 20.2. The predicted molar refractivity (Wildman–Crippen MR) is 97.8 cm³/mol. The average molecular weight is 363 g/mol. The summed E-state index contributed by atoms with van der Waals surface area (Å²) < 4.78 is 16.0. The minimum absolute atomic E-state index is 0.262. The molecule has 1 heterocycles. The third kappa shape index (κ3) is 4.75. The van der Waals surface area contributed by atoms with Crippen molar-refractivity contribution in [2.45, 2.75) is 44.8 Å². The fourth-order valence-electron chi connectivity index (χ4n) is 3.56. The smallest absolute Gasteiger partial charge is 0.410 e. The number of ether oxygens (including phenoxy) is 3. The molecule has 1 aromatic carbocycles. The summed E-state index contributed by atoms with van der Waals surface area (Å²) in [4.78, 5) is 26.7. The maximum Gasteiger partial charge on any atom is 0.410 e. The lowest BCUT2D eigenvalue weighted by atomic mass is 9.86. The average Bonchev–Trinajstić information content (AvgIpc) is 2.93. The quantitative estimate of drug-likeness (QED) is 0.753. The second-order valence-corrected chi connectivity index (χ2v) is 7.83. The summed E-state index contributed by atoms with van der Waals surface area (Å²) in [5, 5.41) is 0. The lowest BCUT2D eigenvalue weighted by Gasteiger charge is -2.38. The number of esters is 1. The van der Waals surface area contributed by atoms with Gasteiger partial charge in [0.1, 0.15) is 5.60 Å². The third-order valence-corrected chi connectivity index (χ3v) is 4.54. The number of hydrogen-bond acceptors (Lipinski definition) is 5. The van der Waals surface area contributed by atoms with E-state index in [1.54, 1.807) is 12.0 Å². The van der Waals surface area contributed by atoms with Crippen LogP contribution in [-0.2, 0) is 25.4 Å². The Hall–Kier alpha value is -2.08. The van der Waals surface area contributed by atoms with E-state index in [2.05, 4.69) is 0 Å². The lowest BCUT2D eigenvalue weighted by Crippen LogP contribution is -2.53. The van der Waals surface area contributed by atoms with Crippen LogP contribution in [0.25, 0.3) is 0 Å². The second-order valence-electron chi connectivity index (χ2n) is 7.83. The molecule has 0 bridgehead atoms. The molecule has 26 heavy (non-hydrogen) atoms. The Kier molecular flexibility index (Phi) is 6.29. The number of amides is 1. The van der Waals surface area contributed by atoms with Crippen molar-refractivity contribution in [2.24, 2.45) is 5.92 Å². The number of rotatable bonds is 5. The highest BCUT2D eigenvalue weighted by Gasteiger charge is 2.51. The summed E-state index contributed by atoms with van der Waals surface area (Å²) in [5.41, 5.74) is -0.202. The number of benzene rings is 1. The van der Waals surface area contributed by atoms with Gasteiger partial charge in [0.15, 0.2) is 0 Å². The van der Waals surface area contributed by atoms with Gasteiger partial charge >= 0.3 is 12.1 Å². The summed E-state index contributed by atoms with van der Waals surface area (Å²) in [7, 11) is 2.97. The molecule has 1 aromatic rings. The Morgan fingerprint density at radius 1 is 1.19 bits per heavy atom. The number of carbonyl (C=O) groups is 2. The summed E-state index contributed by atoms with van der Waals surface area (Å²) in [6.45, 7) is 6.06. The van der Waals surface area contributed by atoms with E-state index in [9.17, 15) is 9.59 Å². The van der Waals surface area contributed by atoms with Gasteiger partial charge in [-0.2, -0.15) is 0 Å². The molecule has 2 rings (SSSR count). The first-order valence-electron chi connectivity index (χ1n) is 8.82. The second kappa shape index (κ2) is 8.08. The summed E-state index contributed by atoms with van der Waals surface area (Å²) >= 11 is 0. The van der Waals surface area contributed by atoms with Gasteiger partial charge in [-0.25, -0.2) is 4.79 Å². The molecule has 2 atom stereocenters. The van der Waals surface area contributed by atoms with Gasteiger partial charge in [-0.1, -0.05) is 30.3 Å². The molecule has 1 aliphatic rings. The number of methoxy groups -OCH3 is 2. The van der Waals surface area contributed by atoms with E-state index in [0.717, 1.165) is 5.56 Å². The highest BCUT2D eigenvalue weighted by Crippen LogP contribution is 2.38. The van der Waals surface area contributed by atoms with E-state index in [0.29, 0.717) is 19.4 Å². The van der Waals surface area contributed by atoms with Crippen molar-refractivity contribution >= 4 is 12.1 Å². The third-order valence-electron chi connectivity index (χ3n) is 4.54. The van der Waals surface area contributed by atoms with Gasteiger partial charge in [0.05, 0.1) is 25.2 Å². The molecule has 1 amide bonds. The van der Waals surface area contributed by atoms with Crippen LogP contribution in [0.15, 0.2) is 30.3 Å². The van der Waals surface area contributed by atoms with Crippen LogP contribution in [0.4, 0.5) is 4.79 Å². The van der Waals surface area contributed by atoms with Crippen LogP contribution < -0.4 is 0 Å². The summed E-state index contributed by atoms with van der Waals surface area (Å²) in [5.74, 6) is -0.712. The zero-order valence-electron chi connectivity index (χ0n) is 16.3. The number of likely N-dealkylation sites (tertiary alicyclic amines) is 1. The molecule has 0 aromatic heterocycles. The maximum absolute atomic E-state index is 12.9. The fourth-order valence-corrected chi connectivity index (χ4v) is 3.56. The topological polar surface area (TPSA) is 65.1 Å². The molecule has 0 aliphatic carbocycles. The van der Waals surface area contributed by atoms with Crippen LogP contribution in [0.5, 0.6) is 0 Å². The Morgan fingerprint density at radius 2 is 1.85 bits per heavy atom. The zero-order valence-corrected chi connectivity index (χ0v) is 16.3. The summed E-state index contributed by atoms with van der Waals surface area (Å²) in [6.07, 6.45) is 0.618. The molecule has 1 saturated heterocycles. The lowest BCUT2D eigenvalue weighted by molar-refractivity contribution is -0.145. The SMILES string of the molecule is COC[C@]1(Cc2ccccc2)CC(C(=O)OC)CN1C(=O)OC(C)(C)C. The van der Waals surface area contributed by atoms with Crippen LogP contribution in [0, 0.1) is 5.92 Å². The molecular weight excluding hydrogens is 334 g/mol. The van der Waals surface area contributed by atoms with E-state index in [1.165, 1.54) is 7.11 Å². The van der Waals surface area contributed by atoms with E-state index >= 15 is 0 Å². The van der Waals surface area contributed by atoms with Crippen molar-refractivity contribution in [1.29, 1.82) is 0 Å². The van der Waals surface area contributed by atoms with Gasteiger partial charge in [0.2, 0.25) is 0 Å². The van der Waals surface area contributed by atoms with Crippen LogP contribution in [-0.4, -0.2) is 55.5 Å². The van der Waals surface area contributed by atoms with Crippen LogP contribution in [0.3, 0.4) is 0 Å². The molecule has 0 saturated carbocycles. The van der Waals surface area contributed by atoms with Gasteiger partial charge in [-0.05, 0) is 39.2 Å². The van der Waals surface area contributed by atoms with Gasteiger partial charge in [-0.3, -0.25) is 9.69 Å². The van der Waals surface area contributed by atoms with Crippen LogP contribution >= 0.6 is 0 Å². The van der Waals surface area contributed by atoms with Crippen molar-refractivity contribution in [3.05, 3.63) is 35.9 Å². The van der Waals surface area contributed by atoms with Gasteiger partial charge < -0.3 is 14.2 Å². The number of hydrogen-bond donors (Lipinski definition) is 0. The molecule has 1 fully saturated rings. The van der Waals surface area contributed by atoms with Gasteiger partial charge in [0.25, 0.3) is 0 Å². The number of nitrogens with zero attached hydrogens (tertiary/aromatic N) is 1. The number of carbonyl (C=O) groups excluding carboxylic acids is 2. The highest BCUT2D eigenvalue weighted by molar-refractivity contribution is 5.77. The van der Waals surface area contributed by atoms with E-state index < -0.39 is 23.2 Å². The normalized spacial score (nSPS) is 23.0. The molecule has 1 unspecified atom stereocenters. The van der Waals surface area contributed by atoms with Crippen molar-refractivity contribution in [2.75, 3.05) is 27.4 Å². The largest absolute Gasteiger partial charge is 0.469 e.